The number of benzene rings is 1. The Hall–Kier alpha value is -1.05. The summed E-state index contributed by atoms with van der Waals surface area (Å²) in [6.45, 7) is 7.09. The van der Waals surface area contributed by atoms with E-state index in [2.05, 4.69) is 36.4 Å². The topological polar surface area (TPSA) is 45.7 Å². The van der Waals surface area contributed by atoms with Gasteiger partial charge in [0.25, 0.3) is 0 Å². The smallest absolute Gasteiger partial charge is 0.191 e. The van der Waals surface area contributed by atoms with Crippen LogP contribution in [0.4, 0.5) is 4.39 Å². The fraction of sp³-hybridized carbons (Fsp3) is 0.588. The Morgan fingerprint density at radius 1 is 1.26 bits per heavy atom. The van der Waals surface area contributed by atoms with Crippen molar-refractivity contribution in [3.63, 3.8) is 0 Å². The second-order valence-corrected chi connectivity index (χ2v) is 5.91. The van der Waals surface area contributed by atoms with Crippen molar-refractivity contribution in [3.05, 3.63) is 29.6 Å². The van der Waals surface area contributed by atoms with Crippen LogP contribution in [-0.4, -0.2) is 26.2 Å². The lowest BCUT2D eigenvalue weighted by Crippen LogP contribution is -2.41. The van der Waals surface area contributed by atoms with Gasteiger partial charge in [-0.05, 0) is 43.4 Å². The number of hydrogen-bond acceptors (Lipinski definition) is 2. The quantitative estimate of drug-likeness (QED) is 0.386. The van der Waals surface area contributed by atoms with E-state index in [1.165, 1.54) is 19.6 Å². The minimum absolute atomic E-state index is 0. The molecular formula is C17H29FIN3O. The molecule has 0 fully saturated rings. The largest absolute Gasteiger partial charge is 0.494 e. The molecule has 1 rings (SSSR count). The second kappa shape index (κ2) is 11.5. The Morgan fingerprint density at radius 3 is 2.48 bits per heavy atom. The van der Waals surface area contributed by atoms with E-state index < -0.39 is 0 Å². The summed E-state index contributed by atoms with van der Waals surface area (Å²) >= 11 is 0. The van der Waals surface area contributed by atoms with Gasteiger partial charge in [-0.3, -0.25) is 4.99 Å². The highest BCUT2D eigenvalue weighted by Gasteiger charge is 2.07. The second-order valence-electron chi connectivity index (χ2n) is 5.91. The van der Waals surface area contributed by atoms with Crippen molar-refractivity contribution in [3.8, 4) is 5.75 Å². The molecule has 0 aromatic heterocycles. The maximum Gasteiger partial charge on any atom is 0.191 e. The zero-order valence-electron chi connectivity index (χ0n) is 14.6. The molecule has 2 N–H and O–H groups in total. The summed E-state index contributed by atoms with van der Waals surface area (Å²) in [6, 6.07) is 5.29. The van der Waals surface area contributed by atoms with Crippen LogP contribution in [0.1, 0.15) is 39.2 Å². The van der Waals surface area contributed by atoms with E-state index in [9.17, 15) is 4.39 Å². The number of halogens is 2. The van der Waals surface area contributed by atoms with Gasteiger partial charge in [-0.25, -0.2) is 4.39 Å². The van der Waals surface area contributed by atoms with E-state index in [1.54, 1.807) is 13.1 Å². The van der Waals surface area contributed by atoms with Gasteiger partial charge in [-0.1, -0.05) is 19.9 Å². The van der Waals surface area contributed by atoms with Crippen LogP contribution in [0.5, 0.6) is 5.75 Å². The van der Waals surface area contributed by atoms with Crippen LogP contribution in [0.25, 0.3) is 0 Å². The third-order valence-corrected chi connectivity index (χ3v) is 3.46. The van der Waals surface area contributed by atoms with E-state index >= 15 is 0 Å². The molecular weight excluding hydrogens is 408 g/mol. The van der Waals surface area contributed by atoms with E-state index in [1.807, 2.05) is 6.07 Å². The molecule has 1 atom stereocenters. The summed E-state index contributed by atoms with van der Waals surface area (Å²) in [5, 5.41) is 6.55. The fourth-order valence-corrected chi connectivity index (χ4v) is 2.09. The van der Waals surface area contributed by atoms with Gasteiger partial charge in [-0.2, -0.15) is 0 Å². The molecule has 4 nitrogen and oxygen atoms in total. The average molecular weight is 437 g/mol. The minimum Gasteiger partial charge on any atom is -0.494 e. The highest BCUT2D eigenvalue weighted by Crippen LogP contribution is 2.17. The van der Waals surface area contributed by atoms with Crippen LogP contribution in [0.3, 0.4) is 0 Å². The molecule has 0 saturated heterocycles. The molecule has 1 aromatic carbocycles. The minimum atomic E-state index is -0.352. The number of ether oxygens (including phenoxy) is 1. The Balaban J connectivity index is 0.00000484. The lowest BCUT2D eigenvalue weighted by molar-refractivity contribution is 0.386. The number of nitrogens with zero attached hydrogens (tertiary/aromatic N) is 1. The number of methoxy groups -OCH3 is 1. The third-order valence-electron chi connectivity index (χ3n) is 3.46. The van der Waals surface area contributed by atoms with Crippen molar-refractivity contribution < 1.29 is 9.13 Å². The van der Waals surface area contributed by atoms with Gasteiger partial charge < -0.3 is 15.4 Å². The molecule has 6 heteroatoms. The Morgan fingerprint density at radius 2 is 1.96 bits per heavy atom. The van der Waals surface area contributed by atoms with Crippen molar-refractivity contribution >= 4 is 29.9 Å². The van der Waals surface area contributed by atoms with Crippen LogP contribution in [-0.2, 0) is 6.54 Å². The van der Waals surface area contributed by atoms with Crippen molar-refractivity contribution in [2.24, 2.45) is 10.9 Å². The molecule has 0 saturated carbocycles. The molecule has 132 valence electrons. The van der Waals surface area contributed by atoms with Crippen molar-refractivity contribution in [2.75, 3.05) is 14.2 Å². The molecule has 0 aliphatic rings. The third kappa shape index (κ3) is 8.39. The molecule has 0 amide bonds. The van der Waals surface area contributed by atoms with Crippen LogP contribution in [0, 0.1) is 11.7 Å². The Labute approximate surface area is 156 Å². The number of guanidine groups is 1. The van der Waals surface area contributed by atoms with E-state index in [-0.39, 0.29) is 35.5 Å². The van der Waals surface area contributed by atoms with Crippen molar-refractivity contribution in [2.45, 2.75) is 46.2 Å². The number of rotatable bonds is 7. The lowest BCUT2D eigenvalue weighted by Gasteiger charge is -2.18. The average Bonchev–Trinajstić information content (AvgIpc) is 2.49. The highest BCUT2D eigenvalue weighted by atomic mass is 127. The van der Waals surface area contributed by atoms with Gasteiger partial charge >= 0.3 is 0 Å². The number of aliphatic imine (C=N–C) groups is 1. The molecule has 0 aliphatic carbocycles. The normalized spacial score (nSPS) is 12.6. The first kappa shape index (κ1) is 21.9. The fourth-order valence-electron chi connectivity index (χ4n) is 2.09. The van der Waals surface area contributed by atoms with E-state index in [0.717, 1.165) is 17.9 Å². The van der Waals surface area contributed by atoms with Crippen LogP contribution in [0.2, 0.25) is 0 Å². The first-order chi connectivity index (χ1) is 10.5. The maximum atomic E-state index is 13.6. The van der Waals surface area contributed by atoms with E-state index in [4.69, 9.17) is 4.74 Å². The SMILES string of the molecule is CN=C(NCc1ccc(OC)c(F)c1)NC(C)CCC(C)C.I. The standard InChI is InChI=1S/C17H28FN3O.HI/c1-12(2)6-7-13(3)21-17(19-4)20-11-14-8-9-16(22-5)15(18)10-14;/h8-10,12-13H,6-7,11H2,1-5H3,(H2,19,20,21);1H. The summed E-state index contributed by atoms with van der Waals surface area (Å²) in [5.74, 6) is 1.33. The first-order valence-electron chi connectivity index (χ1n) is 7.75. The molecule has 0 aliphatic heterocycles. The summed E-state index contributed by atoms with van der Waals surface area (Å²) in [4.78, 5) is 4.20. The van der Waals surface area contributed by atoms with Crippen LogP contribution < -0.4 is 15.4 Å². The van der Waals surface area contributed by atoms with Gasteiger partial charge in [0.2, 0.25) is 0 Å². The van der Waals surface area contributed by atoms with Gasteiger partial charge in [0, 0.05) is 19.6 Å². The van der Waals surface area contributed by atoms with Gasteiger partial charge in [0.15, 0.2) is 17.5 Å². The summed E-state index contributed by atoms with van der Waals surface area (Å²) in [6.07, 6.45) is 2.27. The lowest BCUT2D eigenvalue weighted by atomic mass is 10.0. The van der Waals surface area contributed by atoms with Crippen LogP contribution >= 0.6 is 24.0 Å². The number of nitrogens with one attached hydrogen (secondary N) is 2. The summed E-state index contributed by atoms with van der Waals surface area (Å²) < 4.78 is 18.6. The van der Waals surface area contributed by atoms with Crippen molar-refractivity contribution in [1.29, 1.82) is 0 Å². The molecule has 0 radical (unpaired) electrons. The van der Waals surface area contributed by atoms with E-state index in [0.29, 0.717) is 18.5 Å². The summed E-state index contributed by atoms with van der Waals surface area (Å²) in [7, 11) is 3.19. The monoisotopic (exact) mass is 437 g/mol. The number of hydrogen-bond donors (Lipinski definition) is 2. The molecule has 0 bridgehead atoms. The molecule has 1 unspecified atom stereocenters. The molecule has 1 aromatic rings. The zero-order valence-corrected chi connectivity index (χ0v) is 17.0. The molecule has 23 heavy (non-hydrogen) atoms. The van der Waals surface area contributed by atoms with Gasteiger partial charge in [-0.15, -0.1) is 24.0 Å². The summed E-state index contributed by atoms with van der Waals surface area (Å²) in [5.41, 5.74) is 0.844. The highest BCUT2D eigenvalue weighted by molar-refractivity contribution is 14.0. The predicted octanol–water partition coefficient (Wildman–Crippen LogP) is 3.94. The first-order valence-corrected chi connectivity index (χ1v) is 7.75. The Kier molecular flexibility index (Phi) is 11.0. The van der Waals surface area contributed by atoms with Gasteiger partial charge in [0.05, 0.1) is 7.11 Å². The molecule has 0 heterocycles. The predicted molar refractivity (Wildman–Crippen MR) is 105 cm³/mol. The Bertz CT molecular complexity index is 495. The van der Waals surface area contributed by atoms with Crippen molar-refractivity contribution in [1.82, 2.24) is 10.6 Å². The van der Waals surface area contributed by atoms with Crippen LogP contribution in [0.15, 0.2) is 23.2 Å². The maximum absolute atomic E-state index is 13.6. The van der Waals surface area contributed by atoms with Gasteiger partial charge in [0.1, 0.15) is 0 Å². The zero-order chi connectivity index (χ0) is 16.5. The molecule has 0 spiro atoms.